The highest BCUT2D eigenvalue weighted by atomic mass is 32.2. The molecule has 0 atom stereocenters. The fraction of sp³-hybridized carbons (Fsp3) is 0.364. The lowest BCUT2D eigenvalue weighted by Gasteiger charge is -2.25. The van der Waals surface area contributed by atoms with E-state index in [4.69, 9.17) is 4.74 Å². The average Bonchev–Trinajstić information content (AvgIpc) is 2.75. The summed E-state index contributed by atoms with van der Waals surface area (Å²) in [5.41, 5.74) is 1.28. The van der Waals surface area contributed by atoms with Crippen LogP contribution in [0.4, 0.5) is 17.1 Å². The third-order valence-corrected chi connectivity index (χ3v) is 6.12. The molecule has 2 aromatic carbocycles. The molecule has 174 valence electrons. The van der Waals surface area contributed by atoms with E-state index in [1.54, 1.807) is 36.4 Å². The summed E-state index contributed by atoms with van der Waals surface area (Å²) in [5.74, 6) is 0.0564. The molecule has 0 saturated heterocycles. The number of nitrogens with zero attached hydrogens (tertiary/aromatic N) is 1. The summed E-state index contributed by atoms with van der Waals surface area (Å²) in [6.07, 6.45) is 0.0730. The zero-order valence-electron chi connectivity index (χ0n) is 18.8. The summed E-state index contributed by atoms with van der Waals surface area (Å²) in [4.78, 5) is 25.1. The van der Waals surface area contributed by atoms with Crippen molar-refractivity contribution >= 4 is 38.9 Å². The highest BCUT2D eigenvalue weighted by molar-refractivity contribution is 7.92. The Bertz CT molecular complexity index is 1030. The molecular formula is C22H30N4O5S. The number of ether oxygens (including phenoxy) is 1. The molecule has 3 N–H and O–H groups in total. The Labute approximate surface area is 189 Å². The first kappa shape index (κ1) is 25.0. The van der Waals surface area contributed by atoms with Gasteiger partial charge in [-0.15, -0.1) is 0 Å². The van der Waals surface area contributed by atoms with Crippen LogP contribution in [-0.2, 0) is 19.6 Å². The maximum absolute atomic E-state index is 13.3. The Hall–Kier alpha value is -3.27. The number of anilines is 3. The first-order valence-corrected chi connectivity index (χ1v) is 11.8. The molecule has 0 fully saturated rings. The molecule has 2 aromatic rings. The number of carbonyl (C=O) groups is 2. The van der Waals surface area contributed by atoms with Gasteiger partial charge in [0.2, 0.25) is 11.8 Å². The largest absolute Gasteiger partial charge is 0.497 e. The second kappa shape index (κ2) is 11.4. The van der Waals surface area contributed by atoms with Crippen molar-refractivity contribution in [3.05, 3.63) is 42.5 Å². The number of rotatable bonds is 11. The van der Waals surface area contributed by atoms with Crippen LogP contribution in [0.3, 0.4) is 0 Å². The van der Waals surface area contributed by atoms with E-state index in [0.29, 0.717) is 35.9 Å². The molecule has 0 radical (unpaired) electrons. The third kappa shape index (κ3) is 6.88. The van der Waals surface area contributed by atoms with Crippen molar-refractivity contribution in [1.82, 2.24) is 5.32 Å². The molecule has 0 aliphatic rings. The third-order valence-electron chi connectivity index (χ3n) is 4.71. The summed E-state index contributed by atoms with van der Waals surface area (Å²) in [6, 6.07) is 11.3. The standard InChI is InChI=1S/C22H30N4O5S/c1-5-26(6-2)20-12-9-18(24-22(28)13-14-23-16(3)27)15-21(20)32(29,30)25-17-7-10-19(31-4)11-8-17/h7-12,15,25H,5-6,13-14H2,1-4H3,(H,23,27)(H,24,28). The van der Waals surface area contributed by atoms with Gasteiger partial charge in [0.25, 0.3) is 10.0 Å². The van der Waals surface area contributed by atoms with Crippen molar-refractivity contribution in [2.24, 2.45) is 0 Å². The van der Waals surface area contributed by atoms with E-state index in [9.17, 15) is 18.0 Å². The number of benzene rings is 2. The van der Waals surface area contributed by atoms with Crippen LogP contribution >= 0.6 is 0 Å². The van der Waals surface area contributed by atoms with Crippen LogP contribution < -0.4 is 25.0 Å². The van der Waals surface area contributed by atoms with Crippen molar-refractivity contribution in [3.8, 4) is 5.75 Å². The summed E-state index contributed by atoms with van der Waals surface area (Å²) in [5, 5.41) is 5.24. The van der Waals surface area contributed by atoms with Gasteiger partial charge in [0.15, 0.2) is 0 Å². The Kier molecular flexibility index (Phi) is 8.89. The second-order valence-electron chi connectivity index (χ2n) is 6.97. The Morgan fingerprint density at radius 2 is 1.62 bits per heavy atom. The first-order valence-electron chi connectivity index (χ1n) is 10.3. The van der Waals surface area contributed by atoms with Gasteiger partial charge in [0.1, 0.15) is 10.6 Å². The van der Waals surface area contributed by atoms with Gasteiger partial charge in [0, 0.05) is 44.4 Å². The predicted molar refractivity (Wildman–Crippen MR) is 126 cm³/mol. The summed E-state index contributed by atoms with van der Waals surface area (Å²) in [6.45, 7) is 6.68. The van der Waals surface area contributed by atoms with Crippen molar-refractivity contribution < 1.29 is 22.7 Å². The zero-order valence-corrected chi connectivity index (χ0v) is 19.6. The number of hydrogen-bond donors (Lipinski definition) is 3. The number of sulfonamides is 1. The molecule has 0 spiro atoms. The van der Waals surface area contributed by atoms with Crippen LogP contribution in [0.5, 0.6) is 5.75 Å². The molecule has 32 heavy (non-hydrogen) atoms. The van der Waals surface area contributed by atoms with Gasteiger partial charge >= 0.3 is 0 Å². The van der Waals surface area contributed by atoms with Gasteiger partial charge in [-0.05, 0) is 56.3 Å². The fourth-order valence-electron chi connectivity index (χ4n) is 3.08. The minimum Gasteiger partial charge on any atom is -0.497 e. The van der Waals surface area contributed by atoms with Crippen LogP contribution in [-0.4, -0.2) is 47.0 Å². The summed E-state index contributed by atoms with van der Waals surface area (Å²) in [7, 11) is -2.42. The molecule has 2 rings (SSSR count). The quantitative estimate of drug-likeness (QED) is 0.473. The molecule has 0 saturated carbocycles. The van der Waals surface area contributed by atoms with E-state index in [1.165, 1.54) is 20.1 Å². The van der Waals surface area contributed by atoms with Crippen molar-refractivity contribution in [1.29, 1.82) is 0 Å². The average molecular weight is 463 g/mol. The number of amides is 2. The van der Waals surface area contributed by atoms with Crippen LogP contribution in [0, 0.1) is 0 Å². The lowest BCUT2D eigenvalue weighted by atomic mass is 10.2. The SMILES string of the molecule is CCN(CC)c1ccc(NC(=O)CCNC(C)=O)cc1S(=O)(=O)Nc1ccc(OC)cc1. The molecule has 9 nitrogen and oxygen atoms in total. The Morgan fingerprint density at radius 3 is 2.19 bits per heavy atom. The molecule has 0 aliphatic carbocycles. The normalized spacial score (nSPS) is 10.9. The van der Waals surface area contributed by atoms with Crippen molar-refractivity contribution in [2.75, 3.05) is 41.7 Å². The van der Waals surface area contributed by atoms with Crippen molar-refractivity contribution in [3.63, 3.8) is 0 Å². The maximum Gasteiger partial charge on any atom is 0.264 e. The molecule has 0 aliphatic heterocycles. The molecule has 0 unspecified atom stereocenters. The van der Waals surface area contributed by atoms with Crippen LogP contribution in [0.15, 0.2) is 47.4 Å². The Morgan fingerprint density at radius 1 is 1.00 bits per heavy atom. The van der Waals surface area contributed by atoms with E-state index in [1.807, 2.05) is 18.7 Å². The lowest BCUT2D eigenvalue weighted by molar-refractivity contribution is -0.119. The van der Waals surface area contributed by atoms with E-state index in [2.05, 4.69) is 15.4 Å². The van der Waals surface area contributed by atoms with Gasteiger partial charge in [-0.3, -0.25) is 14.3 Å². The number of methoxy groups -OCH3 is 1. The lowest BCUT2D eigenvalue weighted by Crippen LogP contribution is -2.26. The topological polar surface area (TPSA) is 117 Å². The van der Waals surface area contributed by atoms with Gasteiger partial charge in [-0.25, -0.2) is 8.42 Å². The zero-order chi connectivity index (χ0) is 23.7. The van der Waals surface area contributed by atoms with Crippen molar-refractivity contribution in [2.45, 2.75) is 32.1 Å². The molecule has 10 heteroatoms. The molecule has 2 amide bonds. The minimum atomic E-state index is -3.96. The molecule has 0 bridgehead atoms. The highest BCUT2D eigenvalue weighted by Crippen LogP contribution is 2.30. The first-order chi connectivity index (χ1) is 15.2. The molecular weight excluding hydrogens is 432 g/mol. The number of carbonyl (C=O) groups excluding carboxylic acids is 2. The van der Waals surface area contributed by atoms with Gasteiger partial charge in [0.05, 0.1) is 12.8 Å². The monoisotopic (exact) mass is 462 g/mol. The summed E-state index contributed by atoms with van der Waals surface area (Å²) < 4.78 is 34.2. The maximum atomic E-state index is 13.3. The predicted octanol–water partition coefficient (Wildman–Crippen LogP) is 2.81. The number of hydrogen-bond acceptors (Lipinski definition) is 6. The van der Waals surface area contributed by atoms with Crippen LogP contribution in [0.2, 0.25) is 0 Å². The van der Waals surface area contributed by atoms with E-state index < -0.39 is 10.0 Å². The van der Waals surface area contributed by atoms with E-state index in [-0.39, 0.29) is 29.7 Å². The van der Waals surface area contributed by atoms with E-state index in [0.717, 1.165) is 0 Å². The molecule has 0 aromatic heterocycles. The minimum absolute atomic E-state index is 0.0525. The fourth-order valence-corrected chi connectivity index (χ4v) is 4.39. The molecule has 0 heterocycles. The van der Waals surface area contributed by atoms with Gasteiger partial charge < -0.3 is 20.3 Å². The summed E-state index contributed by atoms with van der Waals surface area (Å²) >= 11 is 0. The van der Waals surface area contributed by atoms with E-state index >= 15 is 0 Å². The highest BCUT2D eigenvalue weighted by Gasteiger charge is 2.22. The van der Waals surface area contributed by atoms with Gasteiger partial charge in [-0.2, -0.15) is 0 Å². The van der Waals surface area contributed by atoms with Crippen LogP contribution in [0.1, 0.15) is 27.2 Å². The van der Waals surface area contributed by atoms with Gasteiger partial charge in [-0.1, -0.05) is 0 Å². The second-order valence-corrected chi connectivity index (χ2v) is 8.62. The Balaban J connectivity index is 2.34. The van der Waals surface area contributed by atoms with Crippen LogP contribution in [0.25, 0.3) is 0 Å². The smallest absolute Gasteiger partial charge is 0.264 e. The number of nitrogens with one attached hydrogen (secondary N) is 3.